The van der Waals surface area contributed by atoms with Gasteiger partial charge in [0.15, 0.2) is 0 Å². The van der Waals surface area contributed by atoms with Gasteiger partial charge in [-0.25, -0.2) is 4.79 Å². The quantitative estimate of drug-likeness (QED) is 0.491. The molecule has 0 saturated heterocycles. The average Bonchev–Trinajstić information content (AvgIpc) is 1.80. The average molecular weight is 126 g/mol. The second-order valence-electron chi connectivity index (χ2n) is 1.46. The molecule has 5 heteroatoms. The first-order chi connectivity index (χ1) is 4.20. The molecule has 0 radical (unpaired) electrons. The van der Waals surface area contributed by atoms with E-state index in [2.05, 4.69) is 4.98 Å². The molecule has 48 valence electrons. The molecule has 1 aromatic heterocycles. The highest BCUT2D eigenvalue weighted by Gasteiger charge is 1.85. The molecule has 0 saturated carbocycles. The summed E-state index contributed by atoms with van der Waals surface area (Å²) in [7, 11) is 0. The zero-order valence-electron chi connectivity index (χ0n) is 4.44. The van der Waals surface area contributed by atoms with Crippen LogP contribution in [-0.2, 0) is 0 Å². The minimum Gasteiger partial charge on any atom is -0.802 e. The molecule has 0 atom stereocenters. The summed E-state index contributed by atoms with van der Waals surface area (Å²) in [4.78, 5) is 13.4. The minimum atomic E-state index is -0.880. The third kappa shape index (κ3) is 0.987. The Morgan fingerprint density at radius 2 is 2.44 bits per heavy atom. The first-order valence-corrected chi connectivity index (χ1v) is 2.23. The summed E-state index contributed by atoms with van der Waals surface area (Å²) in [5.41, 5.74) is 4.18. The Labute approximate surface area is 50.3 Å². The lowest BCUT2D eigenvalue weighted by Crippen LogP contribution is -2.18. The fraction of sp³-hybridized carbons (Fsp3) is 0. The summed E-state index contributed by atoms with van der Waals surface area (Å²) in [5.74, 6) is 0.0621. The van der Waals surface area contributed by atoms with Gasteiger partial charge in [0.05, 0.1) is 0 Å². The number of hydrogen-bond donors (Lipinski definition) is 1. The van der Waals surface area contributed by atoms with Crippen LogP contribution in [0.4, 0.5) is 5.82 Å². The van der Waals surface area contributed by atoms with Crippen molar-refractivity contribution in [3.05, 3.63) is 28.0 Å². The van der Waals surface area contributed by atoms with Gasteiger partial charge in [0.1, 0.15) is 5.82 Å². The van der Waals surface area contributed by atoms with E-state index in [0.717, 1.165) is 6.20 Å². The van der Waals surface area contributed by atoms with Gasteiger partial charge >= 0.3 is 5.69 Å². The van der Waals surface area contributed by atoms with Crippen molar-refractivity contribution < 1.29 is 0 Å². The van der Waals surface area contributed by atoms with Gasteiger partial charge in [0.25, 0.3) is 0 Å². The molecule has 0 unspecified atom stereocenters. The molecule has 0 bridgehead atoms. The van der Waals surface area contributed by atoms with E-state index >= 15 is 0 Å². The van der Waals surface area contributed by atoms with E-state index in [-0.39, 0.29) is 10.5 Å². The molecule has 1 rings (SSSR count). The zero-order chi connectivity index (χ0) is 6.85. The van der Waals surface area contributed by atoms with Gasteiger partial charge in [-0.2, -0.15) is 4.98 Å². The Kier molecular flexibility index (Phi) is 1.11. The predicted molar refractivity (Wildman–Crippen MR) is 31.7 cm³/mol. The van der Waals surface area contributed by atoms with Crippen molar-refractivity contribution in [3.63, 3.8) is 0 Å². The van der Waals surface area contributed by atoms with Gasteiger partial charge < -0.3 is 15.7 Å². The number of hydrogen-bond acceptors (Lipinski definition) is 4. The van der Waals surface area contributed by atoms with E-state index in [1.54, 1.807) is 0 Å². The van der Waals surface area contributed by atoms with Gasteiger partial charge in [-0.1, -0.05) is 0 Å². The summed E-state index contributed by atoms with van der Waals surface area (Å²) < 4.78 is 0.107. The molecule has 0 amide bonds. The van der Waals surface area contributed by atoms with Crippen LogP contribution in [0.25, 0.3) is 0 Å². The standard InChI is InChI=1S/C4H4N3O2/c5-3-1-2-7(9)4(8)6-3/h1-2H,(H2,5,6,8)/q-1. The second-order valence-corrected chi connectivity index (χ2v) is 1.46. The molecular formula is C4H4N3O2-. The normalized spacial score (nSPS) is 9.33. The SMILES string of the molecule is Nc1ccn([O-])c(=O)n1. The summed E-state index contributed by atoms with van der Waals surface area (Å²) in [6, 6.07) is 1.26. The van der Waals surface area contributed by atoms with Crippen LogP contribution in [0.3, 0.4) is 0 Å². The fourth-order valence-corrected chi connectivity index (χ4v) is 0.405. The van der Waals surface area contributed by atoms with Crippen molar-refractivity contribution in [2.75, 3.05) is 5.73 Å². The van der Waals surface area contributed by atoms with Gasteiger partial charge in [-0.05, 0) is 6.07 Å². The minimum absolute atomic E-state index is 0.0621. The summed E-state index contributed by atoms with van der Waals surface area (Å²) >= 11 is 0. The van der Waals surface area contributed by atoms with Crippen LogP contribution in [0.1, 0.15) is 0 Å². The smallest absolute Gasteiger partial charge is 0.344 e. The molecule has 5 nitrogen and oxygen atoms in total. The molecule has 0 spiro atoms. The molecule has 0 aliphatic rings. The predicted octanol–water partition coefficient (Wildman–Crippen LogP) is -0.829. The van der Waals surface area contributed by atoms with Crippen molar-refractivity contribution in [1.29, 1.82) is 0 Å². The molecule has 1 aromatic rings. The number of nitrogens with zero attached hydrogens (tertiary/aromatic N) is 2. The third-order valence-corrected chi connectivity index (χ3v) is 0.794. The van der Waals surface area contributed by atoms with Crippen molar-refractivity contribution in [2.45, 2.75) is 0 Å². The Hall–Kier alpha value is -1.52. The lowest BCUT2D eigenvalue weighted by Gasteiger charge is -2.04. The van der Waals surface area contributed by atoms with E-state index in [0.29, 0.717) is 0 Å². The highest BCUT2D eigenvalue weighted by Crippen LogP contribution is 1.85. The maximum Gasteiger partial charge on any atom is 0.344 e. The van der Waals surface area contributed by atoms with Gasteiger partial charge in [-0.15, -0.1) is 0 Å². The highest BCUT2D eigenvalue weighted by atomic mass is 16.5. The molecule has 2 N–H and O–H groups in total. The first-order valence-electron chi connectivity index (χ1n) is 2.23. The van der Waals surface area contributed by atoms with Crippen molar-refractivity contribution in [1.82, 2.24) is 9.71 Å². The lowest BCUT2D eigenvalue weighted by atomic mass is 10.6. The lowest BCUT2D eigenvalue weighted by molar-refractivity contribution is 0.928. The van der Waals surface area contributed by atoms with Crippen molar-refractivity contribution in [3.8, 4) is 0 Å². The molecule has 9 heavy (non-hydrogen) atoms. The fourth-order valence-electron chi connectivity index (χ4n) is 0.405. The Balaban J connectivity index is 3.34. The molecule has 0 aliphatic heterocycles. The first kappa shape index (κ1) is 5.61. The van der Waals surface area contributed by atoms with Crippen LogP contribution >= 0.6 is 0 Å². The van der Waals surface area contributed by atoms with E-state index in [9.17, 15) is 10.0 Å². The van der Waals surface area contributed by atoms with Crippen LogP contribution in [0.5, 0.6) is 0 Å². The van der Waals surface area contributed by atoms with E-state index in [1.165, 1.54) is 6.07 Å². The summed E-state index contributed by atoms with van der Waals surface area (Å²) in [6.45, 7) is 0. The number of anilines is 1. The molecule has 0 aromatic carbocycles. The van der Waals surface area contributed by atoms with Crippen LogP contribution in [0.15, 0.2) is 17.1 Å². The Morgan fingerprint density at radius 1 is 1.78 bits per heavy atom. The number of nitrogen functional groups attached to an aromatic ring is 1. The van der Waals surface area contributed by atoms with Crippen molar-refractivity contribution in [2.24, 2.45) is 0 Å². The van der Waals surface area contributed by atoms with Gasteiger partial charge in [-0.3, -0.25) is 0 Å². The molecule has 0 aliphatic carbocycles. The van der Waals surface area contributed by atoms with Gasteiger partial charge in [0.2, 0.25) is 0 Å². The van der Waals surface area contributed by atoms with Crippen LogP contribution in [0, 0.1) is 5.21 Å². The molecule has 1 heterocycles. The largest absolute Gasteiger partial charge is 0.802 e. The maximum atomic E-state index is 10.3. The van der Waals surface area contributed by atoms with Gasteiger partial charge in [0, 0.05) is 6.20 Å². The number of rotatable bonds is 0. The third-order valence-electron chi connectivity index (χ3n) is 0.794. The highest BCUT2D eigenvalue weighted by molar-refractivity contribution is 5.23. The topological polar surface area (TPSA) is 84.0 Å². The number of aromatic nitrogens is 2. The van der Waals surface area contributed by atoms with Crippen molar-refractivity contribution >= 4 is 5.82 Å². The Morgan fingerprint density at radius 3 is 2.89 bits per heavy atom. The summed E-state index contributed by atoms with van der Waals surface area (Å²) in [5, 5.41) is 10.3. The maximum absolute atomic E-state index is 10.3. The van der Waals surface area contributed by atoms with E-state index in [4.69, 9.17) is 5.73 Å². The zero-order valence-corrected chi connectivity index (χ0v) is 4.44. The van der Waals surface area contributed by atoms with E-state index in [1.807, 2.05) is 0 Å². The van der Waals surface area contributed by atoms with Crippen LogP contribution < -0.4 is 11.4 Å². The number of nitrogens with two attached hydrogens (primary N) is 1. The van der Waals surface area contributed by atoms with Crippen LogP contribution in [-0.4, -0.2) is 9.71 Å². The monoisotopic (exact) mass is 126 g/mol. The molecule has 0 fully saturated rings. The van der Waals surface area contributed by atoms with Crippen LogP contribution in [0.2, 0.25) is 0 Å². The second kappa shape index (κ2) is 1.77. The molecular weight excluding hydrogens is 122 g/mol. The summed E-state index contributed by atoms with van der Waals surface area (Å²) in [6.07, 6.45) is 1.02. The van der Waals surface area contributed by atoms with E-state index < -0.39 is 5.69 Å². The Bertz CT molecular complexity index is 267.